The number of piperidine rings is 1. The minimum Gasteiger partial charge on any atom is -0.435 e. The Hall–Kier alpha value is -2.22. The molecule has 1 aromatic rings. The van der Waals surface area contributed by atoms with Crippen molar-refractivity contribution in [2.75, 3.05) is 26.2 Å². The van der Waals surface area contributed by atoms with Crippen LogP contribution in [-0.4, -0.2) is 55.0 Å². The number of nitrogens with one attached hydrogen (secondary N) is 2. The summed E-state index contributed by atoms with van der Waals surface area (Å²) >= 11 is 0. The van der Waals surface area contributed by atoms with Gasteiger partial charge in [0.1, 0.15) is 5.75 Å². The zero-order valence-corrected chi connectivity index (χ0v) is 17.6. The van der Waals surface area contributed by atoms with Gasteiger partial charge in [-0.3, -0.25) is 14.5 Å². The van der Waals surface area contributed by atoms with Crippen LogP contribution >= 0.6 is 0 Å². The van der Waals surface area contributed by atoms with Crippen molar-refractivity contribution in [3.05, 3.63) is 29.3 Å². The molecule has 0 radical (unpaired) electrons. The largest absolute Gasteiger partial charge is 0.435 e. The van der Waals surface area contributed by atoms with Gasteiger partial charge in [0.05, 0.1) is 6.54 Å². The van der Waals surface area contributed by atoms with Crippen LogP contribution in [0.15, 0.2) is 18.2 Å². The summed E-state index contributed by atoms with van der Waals surface area (Å²) in [6.45, 7) is 7.16. The van der Waals surface area contributed by atoms with Crippen LogP contribution in [0.3, 0.4) is 0 Å². The number of hydrogen-bond acceptors (Lipinski definition) is 4. The van der Waals surface area contributed by atoms with Gasteiger partial charge in [0.15, 0.2) is 0 Å². The number of alkyl halides is 2. The van der Waals surface area contributed by atoms with Crippen molar-refractivity contribution in [3.8, 4) is 5.75 Å². The molecule has 2 rings (SSSR count). The minimum absolute atomic E-state index is 0.0190. The van der Waals surface area contributed by atoms with E-state index in [1.165, 1.54) is 12.1 Å². The van der Waals surface area contributed by atoms with Gasteiger partial charge in [-0.2, -0.15) is 8.78 Å². The first kappa shape index (κ1) is 23.1. The van der Waals surface area contributed by atoms with E-state index in [-0.39, 0.29) is 23.1 Å². The van der Waals surface area contributed by atoms with Crippen LogP contribution in [0.25, 0.3) is 0 Å². The van der Waals surface area contributed by atoms with Crippen LogP contribution < -0.4 is 15.4 Å². The molecular weight excluding hydrogens is 380 g/mol. The number of benzene rings is 1. The molecule has 6 nitrogen and oxygen atoms in total. The quantitative estimate of drug-likeness (QED) is 0.724. The van der Waals surface area contributed by atoms with Crippen LogP contribution in [-0.2, 0) is 4.79 Å². The van der Waals surface area contributed by atoms with E-state index in [0.717, 1.165) is 25.9 Å². The van der Waals surface area contributed by atoms with E-state index < -0.39 is 6.61 Å². The van der Waals surface area contributed by atoms with Gasteiger partial charge in [-0.25, -0.2) is 0 Å². The van der Waals surface area contributed by atoms with Crippen molar-refractivity contribution in [3.63, 3.8) is 0 Å². The molecule has 1 saturated heterocycles. The molecule has 0 unspecified atom stereocenters. The lowest BCUT2D eigenvalue weighted by atomic mass is 9.96. The van der Waals surface area contributed by atoms with Crippen LogP contribution in [0.1, 0.15) is 49.5 Å². The molecule has 0 spiro atoms. The molecule has 1 aliphatic rings. The molecule has 0 aliphatic carbocycles. The summed E-state index contributed by atoms with van der Waals surface area (Å²) in [6.07, 6.45) is 1.77. The molecule has 0 saturated carbocycles. The number of hydrogen-bond donors (Lipinski definition) is 2. The van der Waals surface area contributed by atoms with Crippen molar-refractivity contribution in [1.29, 1.82) is 0 Å². The molecule has 1 aromatic carbocycles. The van der Waals surface area contributed by atoms with Crippen LogP contribution in [0.5, 0.6) is 5.75 Å². The minimum atomic E-state index is -2.93. The Balaban J connectivity index is 1.78. The SMILES string of the molecule is Cc1cc(OC(F)F)cc(C(=O)NCC2CCN(CC(=O)NC(C)(C)C)CC2)c1. The summed E-state index contributed by atoms with van der Waals surface area (Å²) in [7, 11) is 0. The smallest absolute Gasteiger partial charge is 0.387 e. The second-order valence-electron chi connectivity index (χ2n) is 8.64. The molecule has 29 heavy (non-hydrogen) atoms. The second kappa shape index (κ2) is 10.0. The monoisotopic (exact) mass is 411 g/mol. The zero-order valence-electron chi connectivity index (χ0n) is 17.6. The Morgan fingerprint density at radius 1 is 1.21 bits per heavy atom. The summed E-state index contributed by atoms with van der Waals surface area (Å²) in [5, 5.41) is 5.85. The lowest BCUT2D eigenvalue weighted by molar-refractivity contribution is -0.124. The molecular formula is C21H31F2N3O3. The van der Waals surface area contributed by atoms with Gasteiger partial charge in [0.25, 0.3) is 5.91 Å². The number of carbonyl (C=O) groups is 2. The lowest BCUT2D eigenvalue weighted by Gasteiger charge is -2.32. The fraction of sp³-hybridized carbons (Fsp3) is 0.619. The third kappa shape index (κ3) is 8.35. The Bertz CT molecular complexity index is 712. The van der Waals surface area contributed by atoms with Gasteiger partial charge in [-0.15, -0.1) is 0 Å². The average Bonchev–Trinajstić information content (AvgIpc) is 2.58. The molecule has 0 aromatic heterocycles. The van der Waals surface area contributed by atoms with Gasteiger partial charge in [0, 0.05) is 17.6 Å². The third-order valence-corrected chi connectivity index (χ3v) is 4.68. The molecule has 162 valence electrons. The van der Waals surface area contributed by atoms with Gasteiger partial charge in [-0.1, -0.05) is 0 Å². The van der Waals surface area contributed by atoms with Crippen LogP contribution in [0.2, 0.25) is 0 Å². The highest BCUT2D eigenvalue weighted by atomic mass is 19.3. The highest BCUT2D eigenvalue weighted by Crippen LogP contribution is 2.20. The topological polar surface area (TPSA) is 70.7 Å². The zero-order chi connectivity index (χ0) is 21.6. The molecule has 1 aliphatic heterocycles. The molecule has 0 bridgehead atoms. The van der Waals surface area contributed by atoms with Crippen molar-refractivity contribution < 1.29 is 23.1 Å². The summed E-state index contributed by atoms with van der Waals surface area (Å²) in [4.78, 5) is 26.6. The van der Waals surface area contributed by atoms with E-state index in [0.29, 0.717) is 30.1 Å². The van der Waals surface area contributed by atoms with Crippen molar-refractivity contribution in [1.82, 2.24) is 15.5 Å². The normalized spacial score (nSPS) is 16.0. The average molecular weight is 411 g/mol. The number of rotatable bonds is 7. The standard InChI is InChI=1S/C21H31F2N3O3/c1-14-9-16(11-17(10-14)29-20(22)23)19(28)24-12-15-5-7-26(8-6-15)13-18(27)25-21(2,3)4/h9-11,15,20H,5-8,12-13H2,1-4H3,(H,24,28)(H,25,27). The highest BCUT2D eigenvalue weighted by Gasteiger charge is 2.23. The van der Waals surface area contributed by atoms with Crippen LogP contribution in [0.4, 0.5) is 8.78 Å². The van der Waals surface area contributed by atoms with Crippen molar-refractivity contribution in [2.45, 2.75) is 52.7 Å². The highest BCUT2D eigenvalue weighted by molar-refractivity contribution is 5.94. The summed E-state index contributed by atoms with van der Waals surface area (Å²) < 4.78 is 29.2. The predicted octanol–water partition coefficient (Wildman–Crippen LogP) is 2.95. The number of carbonyl (C=O) groups excluding carboxylic acids is 2. The van der Waals surface area contributed by atoms with E-state index in [9.17, 15) is 18.4 Å². The summed E-state index contributed by atoms with van der Waals surface area (Å²) in [6, 6.07) is 4.43. The fourth-order valence-corrected chi connectivity index (χ4v) is 3.40. The maximum Gasteiger partial charge on any atom is 0.387 e. The number of nitrogens with zero attached hydrogens (tertiary/aromatic N) is 1. The number of amides is 2. The Labute approximate surface area is 171 Å². The van der Waals surface area contributed by atoms with E-state index in [4.69, 9.17) is 0 Å². The molecule has 1 heterocycles. The maximum absolute atomic E-state index is 12.4. The first-order valence-electron chi connectivity index (χ1n) is 9.90. The molecule has 1 fully saturated rings. The summed E-state index contributed by atoms with van der Waals surface area (Å²) in [5.74, 6) is 0.0137. The first-order valence-corrected chi connectivity index (χ1v) is 9.90. The number of ether oxygens (including phenoxy) is 1. The van der Waals surface area contributed by atoms with E-state index in [1.54, 1.807) is 13.0 Å². The number of likely N-dealkylation sites (tertiary alicyclic amines) is 1. The molecule has 2 N–H and O–H groups in total. The van der Waals surface area contributed by atoms with E-state index in [1.807, 2.05) is 20.8 Å². The van der Waals surface area contributed by atoms with Gasteiger partial charge < -0.3 is 15.4 Å². The van der Waals surface area contributed by atoms with Crippen molar-refractivity contribution in [2.24, 2.45) is 5.92 Å². The molecule has 2 amide bonds. The lowest BCUT2D eigenvalue weighted by Crippen LogP contribution is -2.48. The van der Waals surface area contributed by atoms with Crippen molar-refractivity contribution >= 4 is 11.8 Å². The number of halogens is 2. The number of aryl methyl sites for hydroxylation is 1. The fourth-order valence-electron chi connectivity index (χ4n) is 3.40. The molecule has 8 heteroatoms. The summed E-state index contributed by atoms with van der Waals surface area (Å²) in [5.41, 5.74) is 0.738. The van der Waals surface area contributed by atoms with E-state index >= 15 is 0 Å². The maximum atomic E-state index is 12.4. The van der Waals surface area contributed by atoms with Gasteiger partial charge in [0.2, 0.25) is 5.91 Å². The first-order chi connectivity index (χ1) is 13.5. The third-order valence-electron chi connectivity index (χ3n) is 4.68. The van der Waals surface area contributed by atoms with E-state index in [2.05, 4.69) is 20.3 Å². The second-order valence-corrected chi connectivity index (χ2v) is 8.64. The Morgan fingerprint density at radius 2 is 1.86 bits per heavy atom. The Morgan fingerprint density at radius 3 is 2.45 bits per heavy atom. The van der Waals surface area contributed by atoms with Crippen LogP contribution in [0, 0.1) is 12.8 Å². The van der Waals surface area contributed by atoms with Gasteiger partial charge in [-0.05, 0) is 83.3 Å². The van der Waals surface area contributed by atoms with Gasteiger partial charge >= 0.3 is 6.61 Å². The predicted molar refractivity (Wildman–Crippen MR) is 107 cm³/mol. The Kier molecular flexibility index (Phi) is 7.96. The molecule has 0 atom stereocenters.